The molecular weight excluding hydrogens is 192 g/mol. The Morgan fingerprint density at radius 3 is 2.43 bits per heavy atom. The zero-order chi connectivity index (χ0) is 10.2. The molecule has 14 heavy (non-hydrogen) atoms. The Bertz CT molecular complexity index is 305. The lowest BCUT2D eigenvalue weighted by Crippen LogP contribution is -2.30. The van der Waals surface area contributed by atoms with Crippen LogP contribution in [0, 0.1) is 13.8 Å². The lowest BCUT2D eigenvalue weighted by Gasteiger charge is -2.24. The van der Waals surface area contributed by atoms with E-state index in [2.05, 4.69) is 31.1 Å². The molecule has 0 saturated heterocycles. The predicted octanol–water partition coefficient (Wildman–Crippen LogP) is 3.50. The van der Waals surface area contributed by atoms with Crippen LogP contribution in [0.5, 0.6) is 0 Å². The molecule has 1 aromatic rings. The molecule has 78 valence electrons. The van der Waals surface area contributed by atoms with Crippen LogP contribution in [0.15, 0.2) is 0 Å². The maximum Gasteiger partial charge on any atom is 0.183 e. The first kappa shape index (κ1) is 9.97. The summed E-state index contributed by atoms with van der Waals surface area (Å²) in [6.45, 7) is 6.52. The first-order valence-corrected chi connectivity index (χ1v) is 6.13. The van der Waals surface area contributed by atoms with Crippen LogP contribution in [0.1, 0.15) is 43.2 Å². The molecule has 0 amide bonds. The smallest absolute Gasteiger partial charge is 0.183 e. The van der Waals surface area contributed by atoms with Crippen molar-refractivity contribution >= 4 is 16.5 Å². The van der Waals surface area contributed by atoms with Crippen molar-refractivity contribution in [2.24, 2.45) is 0 Å². The minimum Gasteiger partial charge on any atom is -0.356 e. The van der Waals surface area contributed by atoms with Crippen LogP contribution >= 0.6 is 11.3 Å². The molecule has 1 N–H and O–H groups in total. The van der Waals surface area contributed by atoms with Gasteiger partial charge in [0.2, 0.25) is 0 Å². The van der Waals surface area contributed by atoms with E-state index in [9.17, 15) is 0 Å². The lowest BCUT2D eigenvalue weighted by atomic mass is 10.0. The number of hydrogen-bond acceptors (Lipinski definition) is 3. The van der Waals surface area contributed by atoms with E-state index in [4.69, 9.17) is 0 Å². The van der Waals surface area contributed by atoms with Crippen LogP contribution < -0.4 is 5.32 Å². The highest BCUT2D eigenvalue weighted by Crippen LogP contribution is 2.34. The summed E-state index contributed by atoms with van der Waals surface area (Å²) in [5.74, 6) is 0. The molecule has 0 unspecified atom stereocenters. The minimum atomic E-state index is 0.302. The van der Waals surface area contributed by atoms with E-state index < -0.39 is 0 Å². The number of rotatable bonds is 2. The first-order valence-electron chi connectivity index (χ1n) is 5.31. The van der Waals surface area contributed by atoms with Crippen molar-refractivity contribution < 1.29 is 0 Å². The second-order valence-electron chi connectivity index (χ2n) is 4.55. The van der Waals surface area contributed by atoms with Gasteiger partial charge in [-0.05, 0) is 33.6 Å². The van der Waals surface area contributed by atoms with Crippen LogP contribution in [0.2, 0.25) is 0 Å². The monoisotopic (exact) mass is 210 g/mol. The molecule has 0 aromatic carbocycles. The molecule has 2 nitrogen and oxygen atoms in total. The van der Waals surface area contributed by atoms with E-state index in [-0.39, 0.29) is 0 Å². The highest BCUT2D eigenvalue weighted by atomic mass is 32.1. The summed E-state index contributed by atoms with van der Waals surface area (Å²) >= 11 is 1.78. The Balaban J connectivity index is 2.10. The van der Waals surface area contributed by atoms with Crippen LogP contribution in [0.3, 0.4) is 0 Å². The van der Waals surface area contributed by atoms with Gasteiger partial charge in [0, 0.05) is 10.4 Å². The van der Waals surface area contributed by atoms with Crippen molar-refractivity contribution in [3.05, 3.63) is 10.6 Å². The van der Waals surface area contributed by atoms with Gasteiger partial charge in [0.1, 0.15) is 0 Å². The van der Waals surface area contributed by atoms with Gasteiger partial charge in [-0.15, -0.1) is 11.3 Å². The number of hydrogen-bond donors (Lipinski definition) is 1. The normalized spacial score (nSPS) is 19.9. The maximum atomic E-state index is 4.53. The Morgan fingerprint density at radius 2 is 1.93 bits per heavy atom. The zero-order valence-corrected chi connectivity index (χ0v) is 10.0. The number of nitrogens with one attached hydrogen (secondary N) is 1. The fourth-order valence-electron chi connectivity index (χ4n) is 2.06. The van der Waals surface area contributed by atoms with Gasteiger partial charge in [-0.1, -0.05) is 12.8 Å². The predicted molar refractivity (Wildman–Crippen MR) is 62.1 cm³/mol. The summed E-state index contributed by atoms with van der Waals surface area (Å²) in [5.41, 5.74) is 1.47. The van der Waals surface area contributed by atoms with Crippen molar-refractivity contribution in [2.45, 2.75) is 52.0 Å². The average molecular weight is 210 g/mol. The van der Waals surface area contributed by atoms with Crippen LogP contribution in [0.4, 0.5) is 5.13 Å². The molecule has 1 aromatic heterocycles. The third kappa shape index (κ3) is 1.92. The van der Waals surface area contributed by atoms with Gasteiger partial charge >= 0.3 is 0 Å². The third-order valence-electron chi connectivity index (χ3n) is 3.14. The van der Waals surface area contributed by atoms with Crippen molar-refractivity contribution in [1.29, 1.82) is 0 Å². The maximum absolute atomic E-state index is 4.53. The Labute approximate surface area is 89.8 Å². The molecule has 1 heterocycles. The molecule has 3 heteroatoms. The Morgan fingerprint density at radius 1 is 1.29 bits per heavy atom. The molecule has 0 spiro atoms. The van der Waals surface area contributed by atoms with Gasteiger partial charge in [-0.3, -0.25) is 0 Å². The van der Waals surface area contributed by atoms with Gasteiger partial charge < -0.3 is 5.32 Å². The van der Waals surface area contributed by atoms with E-state index in [1.807, 2.05) is 0 Å². The van der Waals surface area contributed by atoms with Crippen LogP contribution in [-0.2, 0) is 0 Å². The summed E-state index contributed by atoms with van der Waals surface area (Å²) in [4.78, 5) is 5.85. The SMILES string of the molecule is Cc1nc(NC2(C)CCCC2)sc1C. The first-order chi connectivity index (χ1) is 6.59. The fraction of sp³-hybridized carbons (Fsp3) is 0.727. The molecule has 1 aliphatic rings. The van der Waals surface area contributed by atoms with E-state index in [0.717, 1.165) is 5.13 Å². The summed E-state index contributed by atoms with van der Waals surface area (Å²) in [5, 5.41) is 4.69. The highest BCUT2D eigenvalue weighted by molar-refractivity contribution is 7.15. The molecule has 1 aliphatic carbocycles. The summed E-state index contributed by atoms with van der Waals surface area (Å²) < 4.78 is 0. The van der Waals surface area contributed by atoms with E-state index in [1.54, 1.807) is 11.3 Å². The number of nitrogens with zero attached hydrogens (tertiary/aromatic N) is 1. The number of anilines is 1. The van der Waals surface area contributed by atoms with Crippen LogP contribution in [0.25, 0.3) is 0 Å². The molecule has 0 atom stereocenters. The molecule has 0 radical (unpaired) electrons. The topological polar surface area (TPSA) is 24.9 Å². The van der Waals surface area contributed by atoms with Gasteiger partial charge in [-0.2, -0.15) is 0 Å². The number of aryl methyl sites for hydroxylation is 2. The minimum absolute atomic E-state index is 0.302. The number of aromatic nitrogens is 1. The Kier molecular flexibility index (Phi) is 2.52. The molecule has 1 fully saturated rings. The van der Waals surface area contributed by atoms with Gasteiger partial charge in [0.25, 0.3) is 0 Å². The quantitative estimate of drug-likeness (QED) is 0.808. The zero-order valence-electron chi connectivity index (χ0n) is 9.18. The van der Waals surface area contributed by atoms with Crippen molar-refractivity contribution in [3.8, 4) is 0 Å². The van der Waals surface area contributed by atoms with E-state index in [1.165, 1.54) is 36.3 Å². The van der Waals surface area contributed by atoms with Crippen molar-refractivity contribution in [3.63, 3.8) is 0 Å². The summed E-state index contributed by atoms with van der Waals surface area (Å²) in [6, 6.07) is 0. The van der Waals surface area contributed by atoms with Crippen molar-refractivity contribution in [1.82, 2.24) is 4.98 Å². The summed E-state index contributed by atoms with van der Waals surface area (Å²) in [7, 11) is 0. The van der Waals surface area contributed by atoms with Crippen LogP contribution in [-0.4, -0.2) is 10.5 Å². The fourth-order valence-corrected chi connectivity index (χ4v) is 3.03. The second-order valence-corrected chi connectivity index (χ2v) is 5.76. The number of thiazole rings is 1. The molecule has 2 rings (SSSR count). The molecule has 0 aliphatic heterocycles. The highest BCUT2D eigenvalue weighted by Gasteiger charge is 2.29. The van der Waals surface area contributed by atoms with Gasteiger partial charge in [0.05, 0.1) is 5.69 Å². The second kappa shape index (κ2) is 3.54. The molecule has 0 bridgehead atoms. The lowest BCUT2D eigenvalue weighted by molar-refractivity contribution is 0.533. The largest absolute Gasteiger partial charge is 0.356 e. The van der Waals surface area contributed by atoms with E-state index in [0.29, 0.717) is 5.54 Å². The molecule has 1 saturated carbocycles. The standard InChI is InChI=1S/C11H18N2S/c1-8-9(2)14-10(12-8)13-11(3)6-4-5-7-11/h4-7H2,1-3H3,(H,12,13). The molecular formula is C11H18N2S. The van der Waals surface area contributed by atoms with Crippen molar-refractivity contribution in [2.75, 3.05) is 5.32 Å². The van der Waals surface area contributed by atoms with Gasteiger partial charge in [-0.25, -0.2) is 4.98 Å². The van der Waals surface area contributed by atoms with Gasteiger partial charge in [0.15, 0.2) is 5.13 Å². The third-order valence-corrected chi connectivity index (χ3v) is 4.13. The average Bonchev–Trinajstić information content (AvgIpc) is 2.62. The summed E-state index contributed by atoms with van der Waals surface area (Å²) in [6.07, 6.45) is 5.27. The van der Waals surface area contributed by atoms with E-state index >= 15 is 0 Å². The Hall–Kier alpha value is -0.570.